The third kappa shape index (κ3) is 10.5. The molecule has 0 unspecified atom stereocenters. The molecule has 212 valence electrons. The third-order valence-electron chi connectivity index (χ3n) is 6.25. The minimum Gasteiger partial charge on any atom is -0.467 e. The van der Waals surface area contributed by atoms with Crippen molar-refractivity contribution in [2.75, 3.05) is 7.11 Å². The monoisotopic (exact) mass is 539 g/mol. The largest absolute Gasteiger partial charge is 0.467 e. The van der Waals surface area contributed by atoms with E-state index in [9.17, 15) is 24.3 Å². The summed E-state index contributed by atoms with van der Waals surface area (Å²) in [5.74, 6) is -2.62. The molecular formula is C30H41N3O6. The van der Waals surface area contributed by atoms with E-state index in [0.717, 1.165) is 11.1 Å². The summed E-state index contributed by atoms with van der Waals surface area (Å²) in [4.78, 5) is 51.7. The van der Waals surface area contributed by atoms with Gasteiger partial charge in [0.15, 0.2) is 0 Å². The first kappa shape index (κ1) is 31.5. The number of aliphatic hydroxyl groups is 1. The summed E-state index contributed by atoms with van der Waals surface area (Å²) >= 11 is 0. The molecule has 2 rings (SSSR count). The fourth-order valence-corrected chi connectivity index (χ4v) is 4.14. The number of ether oxygens (including phenoxy) is 1. The lowest BCUT2D eigenvalue weighted by Gasteiger charge is -2.28. The molecule has 0 heterocycles. The zero-order chi connectivity index (χ0) is 28.9. The van der Waals surface area contributed by atoms with Gasteiger partial charge in [0.1, 0.15) is 24.2 Å². The predicted molar refractivity (Wildman–Crippen MR) is 148 cm³/mol. The quantitative estimate of drug-likeness (QED) is 0.272. The minimum atomic E-state index is -1.34. The SMILES string of the molecule is COC(=O)[C@H](Cc1ccccc1)NC(=O)[C@@H](NC(=O)[C@H](CC(C)C)NC(=O)[C@@H](O)Cc1ccccc1)C(C)C. The van der Waals surface area contributed by atoms with Gasteiger partial charge in [0.2, 0.25) is 17.7 Å². The van der Waals surface area contributed by atoms with E-state index in [1.165, 1.54) is 7.11 Å². The van der Waals surface area contributed by atoms with Crippen LogP contribution in [0.1, 0.15) is 45.2 Å². The molecule has 0 aromatic heterocycles. The van der Waals surface area contributed by atoms with E-state index in [2.05, 4.69) is 16.0 Å². The standard InChI is InChI=1S/C30H41N3O6/c1-19(2)16-23(31-28(36)25(34)18-22-14-10-7-11-15-22)27(35)33-26(20(3)4)29(37)32-24(30(38)39-5)17-21-12-8-6-9-13-21/h6-15,19-20,23-26,34H,16-18H2,1-5H3,(H,31,36)(H,32,37)(H,33,35)/t23-,24-,25-,26-/m0/s1. The number of carbonyl (C=O) groups is 4. The molecular weight excluding hydrogens is 498 g/mol. The van der Waals surface area contributed by atoms with Crippen LogP contribution in [0.5, 0.6) is 0 Å². The van der Waals surface area contributed by atoms with Gasteiger partial charge >= 0.3 is 5.97 Å². The van der Waals surface area contributed by atoms with Crippen LogP contribution in [0.4, 0.5) is 0 Å². The molecule has 0 saturated heterocycles. The fourth-order valence-electron chi connectivity index (χ4n) is 4.14. The number of nitrogens with one attached hydrogen (secondary N) is 3. The minimum absolute atomic E-state index is 0.0493. The Labute approximate surface area is 230 Å². The van der Waals surface area contributed by atoms with Crippen LogP contribution >= 0.6 is 0 Å². The number of carbonyl (C=O) groups excluding carboxylic acids is 4. The van der Waals surface area contributed by atoms with E-state index in [1.807, 2.05) is 62.4 Å². The van der Waals surface area contributed by atoms with Gasteiger partial charge < -0.3 is 25.8 Å². The number of hydrogen-bond acceptors (Lipinski definition) is 6. The van der Waals surface area contributed by atoms with Gasteiger partial charge in [-0.15, -0.1) is 0 Å². The third-order valence-corrected chi connectivity index (χ3v) is 6.25. The highest BCUT2D eigenvalue weighted by Gasteiger charge is 2.32. The Balaban J connectivity index is 2.11. The van der Waals surface area contributed by atoms with Crippen LogP contribution in [0, 0.1) is 11.8 Å². The highest BCUT2D eigenvalue weighted by molar-refractivity contribution is 5.94. The van der Waals surface area contributed by atoms with Crippen LogP contribution in [-0.2, 0) is 36.8 Å². The molecule has 4 N–H and O–H groups in total. The lowest BCUT2D eigenvalue weighted by molar-refractivity contribution is -0.145. The Bertz CT molecular complexity index is 1070. The van der Waals surface area contributed by atoms with Crippen molar-refractivity contribution in [1.29, 1.82) is 0 Å². The molecule has 0 saturated carbocycles. The van der Waals surface area contributed by atoms with Gasteiger partial charge in [-0.25, -0.2) is 4.79 Å². The summed E-state index contributed by atoms with van der Waals surface area (Å²) in [7, 11) is 1.25. The van der Waals surface area contributed by atoms with E-state index < -0.39 is 47.9 Å². The second kappa shape index (κ2) is 15.6. The lowest BCUT2D eigenvalue weighted by atomic mass is 9.98. The molecule has 39 heavy (non-hydrogen) atoms. The van der Waals surface area contributed by atoms with Crippen molar-refractivity contribution in [1.82, 2.24) is 16.0 Å². The number of amides is 3. The summed E-state index contributed by atoms with van der Waals surface area (Å²) in [6.07, 6.45) is -0.696. The van der Waals surface area contributed by atoms with Gasteiger partial charge in [-0.3, -0.25) is 14.4 Å². The number of esters is 1. The zero-order valence-corrected chi connectivity index (χ0v) is 23.3. The van der Waals surface area contributed by atoms with Gasteiger partial charge in [0.25, 0.3) is 0 Å². The first-order chi connectivity index (χ1) is 18.5. The molecule has 0 radical (unpaired) electrons. The maximum Gasteiger partial charge on any atom is 0.328 e. The molecule has 3 amide bonds. The Kier molecular flexibility index (Phi) is 12.6. The number of rotatable bonds is 14. The molecule has 9 heteroatoms. The zero-order valence-electron chi connectivity index (χ0n) is 23.3. The van der Waals surface area contributed by atoms with Gasteiger partial charge in [-0.1, -0.05) is 88.4 Å². The van der Waals surface area contributed by atoms with E-state index >= 15 is 0 Å². The summed E-state index contributed by atoms with van der Waals surface area (Å²) in [5.41, 5.74) is 1.63. The highest BCUT2D eigenvalue weighted by Crippen LogP contribution is 2.11. The van der Waals surface area contributed by atoms with Crippen LogP contribution < -0.4 is 16.0 Å². The Hall–Kier alpha value is -3.72. The normalized spacial score (nSPS) is 14.2. The molecule has 0 aliphatic rings. The van der Waals surface area contributed by atoms with Crippen LogP contribution in [0.15, 0.2) is 60.7 Å². The maximum absolute atomic E-state index is 13.3. The lowest BCUT2D eigenvalue weighted by Crippen LogP contribution is -2.58. The molecule has 0 aliphatic heterocycles. The first-order valence-corrected chi connectivity index (χ1v) is 13.3. The summed E-state index contributed by atoms with van der Waals surface area (Å²) < 4.78 is 4.89. The Morgan fingerprint density at radius 2 is 1.23 bits per heavy atom. The van der Waals surface area contributed by atoms with E-state index in [0.29, 0.717) is 6.42 Å². The summed E-state index contributed by atoms with van der Waals surface area (Å²) in [5, 5.41) is 18.5. The number of methoxy groups -OCH3 is 1. The van der Waals surface area contributed by atoms with Crippen molar-refractivity contribution in [3.05, 3.63) is 71.8 Å². The van der Waals surface area contributed by atoms with Crippen molar-refractivity contribution in [3.63, 3.8) is 0 Å². The Morgan fingerprint density at radius 3 is 1.72 bits per heavy atom. The average Bonchev–Trinajstić information content (AvgIpc) is 2.90. The molecule has 0 spiro atoms. The van der Waals surface area contributed by atoms with Gasteiger partial charge in [0.05, 0.1) is 7.11 Å². The molecule has 2 aromatic carbocycles. The smallest absolute Gasteiger partial charge is 0.328 e. The molecule has 0 fully saturated rings. The number of benzene rings is 2. The summed E-state index contributed by atoms with van der Waals surface area (Å²) in [6.45, 7) is 7.36. The summed E-state index contributed by atoms with van der Waals surface area (Å²) in [6, 6.07) is 15.4. The number of hydrogen-bond donors (Lipinski definition) is 4. The molecule has 9 nitrogen and oxygen atoms in total. The van der Waals surface area contributed by atoms with Crippen molar-refractivity contribution in [3.8, 4) is 0 Å². The van der Waals surface area contributed by atoms with Gasteiger partial charge in [-0.2, -0.15) is 0 Å². The Morgan fingerprint density at radius 1 is 0.718 bits per heavy atom. The van der Waals surface area contributed by atoms with E-state index in [1.54, 1.807) is 26.0 Å². The molecule has 4 atom stereocenters. The average molecular weight is 540 g/mol. The van der Waals surface area contributed by atoms with E-state index in [4.69, 9.17) is 4.74 Å². The van der Waals surface area contributed by atoms with Crippen molar-refractivity contribution < 1.29 is 29.0 Å². The number of aliphatic hydroxyl groups excluding tert-OH is 1. The topological polar surface area (TPSA) is 134 Å². The fraction of sp³-hybridized carbons (Fsp3) is 0.467. The van der Waals surface area contributed by atoms with Crippen molar-refractivity contribution in [2.45, 2.75) is 71.2 Å². The predicted octanol–water partition coefficient (Wildman–Crippen LogP) is 2.16. The molecule has 0 aliphatic carbocycles. The van der Waals surface area contributed by atoms with Crippen LogP contribution in [0.3, 0.4) is 0 Å². The van der Waals surface area contributed by atoms with Gasteiger partial charge in [-0.05, 0) is 29.4 Å². The second-order valence-corrected chi connectivity index (χ2v) is 10.4. The van der Waals surface area contributed by atoms with Crippen molar-refractivity contribution in [2.24, 2.45) is 11.8 Å². The maximum atomic E-state index is 13.3. The first-order valence-electron chi connectivity index (χ1n) is 13.3. The molecule has 2 aromatic rings. The van der Waals surface area contributed by atoms with Crippen LogP contribution in [0.2, 0.25) is 0 Å². The molecule has 0 bridgehead atoms. The van der Waals surface area contributed by atoms with E-state index in [-0.39, 0.29) is 24.7 Å². The second-order valence-electron chi connectivity index (χ2n) is 10.4. The van der Waals surface area contributed by atoms with Gasteiger partial charge in [0, 0.05) is 12.8 Å². The van der Waals surface area contributed by atoms with Crippen molar-refractivity contribution >= 4 is 23.7 Å². The highest BCUT2D eigenvalue weighted by atomic mass is 16.5. The van der Waals surface area contributed by atoms with Crippen LogP contribution in [0.25, 0.3) is 0 Å². The van der Waals surface area contributed by atoms with Crippen LogP contribution in [-0.4, -0.2) is 60.1 Å².